The molecule has 1 N–H and O–H groups in total. The van der Waals surface area contributed by atoms with Gasteiger partial charge in [-0.25, -0.2) is 0 Å². The average molecular weight is 217 g/mol. The van der Waals surface area contributed by atoms with Gasteiger partial charge in [0.05, 0.1) is 11.6 Å². The second kappa shape index (κ2) is 5.53. The Bertz CT molecular complexity index is 391. The van der Waals surface area contributed by atoms with E-state index in [-0.39, 0.29) is 0 Å². The fourth-order valence-corrected chi connectivity index (χ4v) is 1.35. The van der Waals surface area contributed by atoms with Gasteiger partial charge in [-0.05, 0) is 51.7 Å². The van der Waals surface area contributed by atoms with Gasteiger partial charge in [-0.2, -0.15) is 5.26 Å². The van der Waals surface area contributed by atoms with Crippen molar-refractivity contribution in [3.63, 3.8) is 0 Å². The third kappa shape index (κ3) is 3.25. The number of nitrogens with zero attached hydrogens (tertiary/aromatic N) is 2. The van der Waals surface area contributed by atoms with Gasteiger partial charge in [0, 0.05) is 18.3 Å². The molecule has 16 heavy (non-hydrogen) atoms. The van der Waals surface area contributed by atoms with Crippen LogP contribution in [0, 0.1) is 18.3 Å². The lowest BCUT2D eigenvalue weighted by Crippen LogP contribution is -2.31. The smallest absolute Gasteiger partial charge is 0.0994 e. The molecular weight excluding hydrogens is 198 g/mol. The Balaban J connectivity index is 2.63. The van der Waals surface area contributed by atoms with Crippen LogP contribution >= 0.6 is 0 Å². The lowest BCUT2D eigenvalue weighted by molar-refractivity contribution is 0.326. The first kappa shape index (κ1) is 12.5. The molecule has 0 fully saturated rings. The van der Waals surface area contributed by atoms with E-state index in [0.29, 0.717) is 6.04 Å². The molecule has 3 nitrogen and oxygen atoms in total. The van der Waals surface area contributed by atoms with Crippen LogP contribution in [0.1, 0.15) is 18.1 Å². The molecule has 0 aliphatic heterocycles. The molecule has 0 radical (unpaired) electrons. The Kier molecular flexibility index (Phi) is 4.33. The van der Waals surface area contributed by atoms with Crippen LogP contribution in [0.25, 0.3) is 0 Å². The summed E-state index contributed by atoms with van der Waals surface area (Å²) in [5, 5.41) is 12.2. The van der Waals surface area contributed by atoms with Crippen molar-refractivity contribution in [2.75, 3.05) is 26.0 Å². The van der Waals surface area contributed by atoms with Crippen LogP contribution in [-0.4, -0.2) is 31.6 Å². The van der Waals surface area contributed by atoms with E-state index in [1.54, 1.807) is 0 Å². The van der Waals surface area contributed by atoms with Crippen LogP contribution in [0.5, 0.6) is 0 Å². The Morgan fingerprint density at radius 3 is 2.62 bits per heavy atom. The largest absolute Gasteiger partial charge is 0.383 e. The maximum atomic E-state index is 8.82. The van der Waals surface area contributed by atoms with E-state index in [2.05, 4.69) is 37.3 Å². The molecule has 86 valence electrons. The molecule has 1 unspecified atom stereocenters. The Hall–Kier alpha value is -1.53. The second-order valence-corrected chi connectivity index (χ2v) is 4.34. The maximum absolute atomic E-state index is 8.82. The van der Waals surface area contributed by atoms with E-state index in [4.69, 9.17) is 5.26 Å². The third-order valence-corrected chi connectivity index (χ3v) is 2.83. The highest BCUT2D eigenvalue weighted by atomic mass is 15.1. The van der Waals surface area contributed by atoms with Gasteiger partial charge in [0.2, 0.25) is 0 Å². The lowest BCUT2D eigenvalue weighted by atomic mass is 10.1. The van der Waals surface area contributed by atoms with Crippen LogP contribution in [0.2, 0.25) is 0 Å². The maximum Gasteiger partial charge on any atom is 0.0994 e. The van der Waals surface area contributed by atoms with E-state index >= 15 is 0 Å². The molecule has 0 saturated carbocycles. The molecule has 0 aliphatic carbocycles. The molecule has 0 spiro atoms. The van der Waals surface area contributed by atoms with E-state index in [0.717, 1.165) is 23.4 Å². The van der Waals surface area contributed by atoms with Crippen molar-refractivity contribution in [1.82, 2.24) is 4.90 Å². The molecule has 1 rings (SSSR count). The zero-order valence-corrected chi connectivity index (χ0v) is 10.4. The van der Waals surface area contributed by atoms with Gasteiger partial charge in [0.1, 0.15) is 0 Å². The number of hydrogen-bond acceptors (Lipinski definition) is 3. The molecule has 0 bridgehead atoms. The summed E-state index contributed by atoms with van der Waals surface area (Å²) in [7, 11) is 4.13. The van der Waals surface area contributed by atoms with Crippen molar-refractivity contribution in [3.05, 3.63) is 29.3 Å². The summed E-state index contributed by atoms with van der Waals surface area (Å²) in [6.45, 7) is 5.03. The number of hydrogen-bond donors (Lipinski definition) is 1. The molecule has 1 aromatic rings. The third-order valence-electron chi connectivity index (χ3n) is 2.83. The molecule has 0 aromatic heterocycles. The summed E-state index contributed by atoms with van der Waals surface area (Å²) in [6, 6.07) is 8.48. The van der Waals surface area contributed by atoms with Gasteiger partial charge in [0.25, 0.3) is 0 Å². The van der Waals surface area contributed by atoms with Crippen molar-refractivity contribution in [2.45, 2.75) is 19.9 Å². The van der Waals surface area contributed by atoms with Gasteiger partial charge in [-0.3, -0.25) is 0 Å². The summed E-state index contributed by atoms with van der Waals surface area (Å²) >= 11 is 0. The average Bonchev–Trinajstić information content (AvgIpc) is 2.25. The summed E-state index contributed by atoms with van der Waals surface area (Å²) in [4.78, 5) is 2.17. The molecule has 0 saturated heterocycles. The molecule has 0 amide bonds. The minimum Gasteiger partial charge on any atom is -0.383 e. The van der Waals surface area contributed by atoms with Crippen molar-refractivity contribution in [1.29, 1.82) is 5.26 Å². The van der Waals surface area contributed by atoms with E-state index < -0.39 is 0 Å². The number of rotatable bonds is 4. The number of likely N-dealkylation sites (N-methyl/N-ethyl adjacent to an activating group) is 1. The number of aryl methyl sites for hydroxylation is 1. The minimum atomic E-state index is 0.482. The van der Waals surface area contributed by atoms with Crippen LogP contribution in [-0.2, 0) is 0 Å². The van der Waals surface area contributed by atoms with Crippen LogP contribution < -0.4 is 5.32 Å². The summed E-state index contributed by atoms with van der Waals surface area (Å²) < 4.78 is 0. The first-order chi connectivity index (χ1) is 7.54. The van der Waals surface area contributed by atoms with E-state index in [1.165, 1.54) is 0 Å². The first-order valence-corrected chi connectivity index (χ1v) is 5.45. The zero-order valence-electron chi connectivity index (χ0n) is 10.4. The van der Waals surface area contributed by atoms with Crippen molar-refractivity contribution in [2.24, 2.45) is 0 Å². The zero-order chi connectivity index (χ0) is 12.1. The van der Waals surface area contributed by atoms with Gasteiger partial charge in [-0.1, -0.05) is 0 Å². The van der Waals surface area contributed by atoms with Crippen molar-refractivity contribution in [3.8, 4) is 6.07 Å². The summed E-state index contributed by atoms with van der Waals surface area (Å²) in [6.07, 6.45) is 0. The standard InChI is InChI=1S/C13H19N3/c1-10-7-13(6-5-12(10)8-14)15-9-11(2)16(3)4/h5-7,11,15H,9H2,1-4H3. The predicted molar refractivity (Wildman–Crippen MR) is 67.5 cm³/mol. The Morgan fingerprint density at radius 2 is 2.12 bits per heavy atom. The number of nitrogens with one attached hydrogen (secondary N) is 1. The quantitative estimate of drug-likeness (QED) is 0.840. The number of benzene rings is 1. The SMILES string of the molecule is Cc1cc(NCC(C)N(C)C)ccc1C#N. The first-order valence-electron chi connectivity index (χ1n) is 5.45. The van der Waals surface area contributed by atoms with Gasteiger partial charge >= 0.3 is 0 Å². The van der Waals surface area contributed by atoms with Crippen molar-refractivity contribution >= 4 is 5.69 Å². The number of nitriles is 1. The molecule has 0 aliphatic rings. The summed E-state index contributed by atoms with van der Waals surface area (Å²) in [5.41, 5.74) is 2.83. The van der Waals surface area contributed by atoms with Crippen LogP contribution in [0.3, 0.4) is 0 Å². The van der Waals surface area contributed by atoms with Gasteiger partial charge in [-0.15, -0.1) is 0 Å². The fraction of sp³-hybridized carbons (Fsp3) is 0.462. The highest BCUT2D eigenvalue weighted by Crippen LogP contribution is 2.14. The van der Waals surface area contributed by atoms with Crippen LogP contribution in [0.15, 0.2) is 18.2 Å². The van der Waals surface area contributed by atoms with Crippen LogP contribution in [0.4, 0.5) is 5.69 Å². The van der Waals surface area contributed by atoms with Crippen molar-refractivity contribution < 1.29 is 0 Å². The molecule has 1 atom stereocenters. The Morgan fingerprint density at radius 1 is 1.44 bits per heavy atom. The molecule has 3 heteroatoms. The normalized spacial score (nSPS) is 12.2. The highest BCUT2D eigenvalue weighted by molar-refractivity contribution is 5.51. The monoisotopic (exact) mass is 217 g/mol. The minimum absolute atomic E-state index is 0.482. The molecule has 1 aromatic carbocycles. The lowest BCUT2D eigenvalue weighted by Gasteiger charge is -2.20. The molecule has 0 heterocycles. The molecular formula is C13H19N3. The topological polar surface area (TPSA) is 39.1 Å². The summed E-state index contributed by atoms with van der Waals surface area (Å²) in [5.74, 6) is 0. The van der Waals surface area contributed by atoms with E-state index in [1.807, 2.05) is 25.1 Å². The number of anilines is 1. The fourth-order valence-electron chi connectivity index (χ4n) is 1.35. The predicted octanol–water partition coefficient (Wildman–Crippen LogP) is 2.23. The second-order valence-electron chi connectivity index (χ2n) is 4.34. The Labute approximate surface area is 97.7 Å². The van der Waals surface area contributed by atoms with Gasteiger partial charge in [0.15, 0.2) is 0 Å². The van der Waals surface area contributed by atoms with E-state index in [9.17, 15) is 0 Å². The van der Waals surface area contributed by atoms with Gasteiger partial charge < -0.3 is 10.2 Å². The highest BCUT2D eigenvalue weighted by Gasteiger charge is 2.04.